The highest BCUT2D eigenvalue weighted by Gasteiger charge is 2.25. The zero-order valence-electron chi connectivity index (χ0n) is 14.0. The van der Waals surface area contributed by atoms with Crippen LogP contribution in [-0.4, -0.2) is 31.7 Å². The first-order chi connectivity index (χ1) is 11.7. The lowest BCUT2D eigenvalue weighted by molar-refractivity contribution is 0.0600. The van der Waals surface area contributed by atoms with Crippen molar-refractivity contribution in [2.75, 3.05) is 20.8 Å². The third kappa shape index (κ3) is 3.57. The van der Waals surface area contributed by atoms with Crippen molar-refractivity contribution in [2.24, 2.45) is 0 Å². The molecular formula is C19H22N2O3. The molecule has 0 amide bonds. The van der Waals surface area contributed by atoms with Crippen LogP contribution in [-0.2, 0) is 4.74 Å². The number of pyridine rings is 1. The number of piperidine rings is 1. The van der Waals surface area contributed by atoms with E-state index in [0.717, 1.165) is 25.1 Å². The van der Waals surface area contributed by atoms with Gasteiger partial charge in [-0.25, -0.2) is 9.78 Å². The Morgan fingerprint density at radius 1 is 1.17 bits per heavy atom. The number of methoxy groups -OCH3 is 2. The van der Waals surface area contributed by atoms with E-state index in [1.807, 2.05) is 36.4 Å². The van der Waals surface area contributed by atoms with Crippen LogP contribution in [0.4, 0.5) is 0 Å². The van der Waals surface area contributed by atoms with E-state index in [1.165, 1.54) is 12.7 Å². The first-order valence-electron chi connectivity index (χ1n) is 8.14. The third-order valence-corrected chi connectivity index (χ3v) is 4.51. The highest BCUT2D eigenvalue weighted by Crippen LogP contribution is 2.34. The minimum Gasteiger partial charge on any atom is -0.481 e. The lowest BCUT2D eigenvalue weighted by atomic mass is 9.86. The maximum absolute atomic E-state index is 11.5. The smallest absolute Gasteiger partial charge is 0.337 e. The molecule has 1 N–H and O–H groups in total. The summed E-state index contributed by atoms with van der Waals surface area (Å²) >= 11 is 0. The third-order valence-electron chi connectivity index (χ3n) is 4.51. The molecule has 1 aromatic carbocycles. The van der Waals surface area contributed by atoms with Crippen LogP contribution in [0.5, 0.6) is 5.88 Å². The van der Waals surface area contributed by atoms with Gasteiger partial charge in [0.25, 0.3) is 0 Å². The van der Waals surface area contributed by atoms with Crippen LogP contribution in [0.15, 0.2) is 42.5 Å². The second-order valence-corrected chi connectivity index (χ2v) is 5.95. The zero-order chi connectivity index (χ0) is 16.9. The molecule has 1 unspecified atom stereocenters. The maximum atomic E-state index is 11.5. The molecule has 0 aliphatic carbocycles. The molecule has 0 bridgehead atoms. The van der Waals surface area contributed by atoms with Crippen molar-refractivity contribution in [3.63, 3.8) is 0 Å². The molecule has 1 aromatic heterocycles. The van der Waals surface area contributed by atoms with Crippen LogP contribution in [0.2, 0.25) is 0 Å². The second-order valence-electron chi connectivity index (χ2n) is 5.95. The minimum atomic E-state index is -0.309. The molecule has 5 heteroatoms. The van der Waals surface area contributed by atoms with Gasteiger partial charge in [0.1, 0.15) is 0 Å². The fraction of sp³-hybridized carbons (Fsp3) is 0.368. The normalized spacial score (nSPS) is 20.4. The Bertz CT molecular complexity index is 700. The maximum Gasteiger partial charge on any atom is 0.337 e. The molecule has 1 aliphatic rings. The number of nitrogens with zero attached hydrogens (tertiary/aromatic N) is 1. The molecule has 1 aliphatic heterocycles. The van der Waals surface area contributed by atoms with E-state index < -0.39 is 0 Å². The van der Waals surface area contributed by atoms with Gasteiger partial charge in [0.15, 0.2) is 0 Å². The molecule has 5 nitrogen and oxygen atoms in total. The fourth-order valence-corrected chi connectivity index (χ4v) is 3.18. The van der Waals surface area contributed by atoms with Crippen molar-refractivity contribution in [1.29, 1.82) is 0 Å². The van der Waals surface area contributed by atoms with Gasteiger partial charge in [0.2, 0.25) is 5.88 Å². The largest absolute Gasteiger partial charge is 0.481 e. The average molecular weight is 326 g/mol. The van der Waals surface area contributed by atoms with E-state index in [0.29, 0.717) is 17.4 Å². The molecular weight excluding hydrogens is 304 g/mol. The molecule has 1 fully saturated rings. The summed E-state index contributed by atoms with van der Waals surface area (Å²) in [7, 11) is 3.03. The van der Waals surface area contributed by atoms with Gasteiger partial charge in [-0.15, -0.1) is 0 Å². The van der Waals surface area contributed by atoms with E-state index in [4.69, 9.17) is 9.47 Å². The molecule has 2 heterocycles. The molecule has 2 atom stereocenters. The number of ether oxygens (including phenoxy) is 2. The summed E-state index contributed by atoms with van der Waals surface area (Å²) in [5, 5.41) is 3.55. The predicted molar refractivity (Wildman–Crippen MR) is 91.3 cm³/mol. The Kier molecular flexibility index (Phi) is 5.11. The summed E-state index contributed by atoms with van der Waals surface area (Å²) < 4.78 is 9.98. The van der Waals surface area contributed by atoms with Crippen molar-refractivity contribution >= 4 is 5.97 Å². The summed E-state index contributed by atoms with van der Waals surface area (Å²) in [5.41, 5.74) is 2.82. The molecule has 0 radical (unpaired) electrons. The van der Waals surface area contributed by atoms with Crippen LogP contribution in [0.1, 0.15) is 46.4 Å². The topological polar surface area (TPSA) is 60.5 Å². The van der Waals surface area contributed by atoms with Gasteiger partial charge in [-0.05, 0) is 43.1 Å². The number of hydrogen-bond acceptors (Lipinski definition) is 5. The SMILES string of the molecule is COC(=O)c1ccc([C@@H]2CC(c3cccc(OC)n3)CCN2)cc1. The Hall–Kier alpha value is -2.40. The fourth-order valence-electron chi connectivity index (χ4n) is 3.18. The lowest BCUT2D eigenvalue weighted by Gasteiger charge is -2.30. The number of esters is 1. The summed E-state index contributed by atoms with van der Waals surface area (Å²) in [6.07, 6.45) is 2.02. The highest BCUT2D eigenvalue weighted by atomic mass is 16.5. The quantitative estimate of drug-likeness (QED) is 0.875. The highest BCUT2D eigenvalue weighted by molar-refractivity contribution is 5.89. The number of benzene rings is 1. The number of carbonyl (C=O) groups is 1. The number of rotatable bonds is 4. The van der Waals surface area contributed by atoms with Crippen LogP contribution in [0, 0.1) is 0 Å². The second kappa shape index (κ2) is 7.45. The Morgan fingerprint density at radius 3 is 2.67 bits per heavy atom. The summed E-state index contributed by atoms with van der Waals surface area (Å²) in [6, 6.07) is 13.8. The predicted octanol–water partition coefficient (Wildman–Crippen LogP) is 3.09. The molecule has 3 rings (SSSR count). The lowest BCUT2D eigenvalue weighted by Crippen LogP contribution is -2.31. The van der Waals surface area contributed by atoms with Crippen LogP contribution in [0.25, 0.3) is 0 Å². The van der Waals surface area contributed by atoms with Gasteiger partial charge in [-0.3, -0.25) is 0 Å². The van der Waals surface area contributed by atoms with Gasteiger partial charge in [0.05, 0.1) is 19.8 Å². The van der Waals surface area contributed by atoms with Gasteiger partial charge in [-0.2, -0.15) is 0 Å². The van der Waals surface area contributed by atoms with E-state index in [9.17, 15) is 4.79 Å². The summed E-state index contributed by atoms with van der Waals surface area (Å²) in [4.78, 5) is 16.1. The Morgan fingerprint density at radius 2 is 1.96 bits per heavy atom. The average Bonchev–Trinajstić information content (AvgIpc) is 2.67. The minimum absolute atomic E-state index is 0.253. The summed E-state index contributed by atoms with van der Waals surface area (Å²) in [6.45, 7) is 0.937. The van der Waals surface area contributed by atoms with Crippen LogP contribution < -0.4 is 10.1 Å². The van der Waals surface area contributed by atoms with E-state index in [1.54, 1.807) is 7.11 Å². The van der Waals surface area contributed by atoms with Gasteiger partial charge < -0.3 is 14.8 Å². The van der Waals surface area contributed by atoms with Crippen molar-refractivity contribution in [3.8, 4) is 5.88 Å². The van der Waals surface area contributed by atoms with Crippen molar-refractivity contribution in [2.45, 2.75) is 24.8 Å². The van der Waals surface area contributed by atoms with Crippen LogP contribution >= 0.6 is 0 Å². The zero-order valence-corrected chi connectivity index (χ0v) is 14.0. The number of nitrogens with one attached hydrogen (secondary N) is 1. The van der Waals surface area contributed by atoms with Gasteiger partial charge >= 0.3 is 5.97 Å². The molecule has 24 heavy (non-hydrogen) atoms. The summed E-state index contributed by atoms with van der Waals surface area (Å²) in [5.74, 6) is 0.744. The van der Waals surface area contributed by atoms with Gasteiger partial charge in [-0.1, -0.05) is 18.2 Å². The molecule has 1 saturated heterocycles. The van der Waals surface area contributed by atoms with Gasteiger partial charge in [0, 0.05) is 23.7 Å². The standard InChI is InChI=1S/C19H22N2O3/c1-23-18-5-3-4-16(21-18)15-10-11-20-17(12-15)13-6-8-14(9-7-13)19(22)24-2/h3-9,15,17,20H,10-12H2,1-2H3/t15?,17-/m0/s1. The van der Waals surface area contributed by atoms with Crippen LogP contribution in [0.3, 0.4) is 0 Å². The number of hydrogen-bond donors (Lipinski definition) is 1. The molecule has 126 valence electrons. The molecule has 0 saturated carbocycles. The van der Waals surface area contributed by atoms with E-state index in [-0.39, 0.29) is 12.0 Å². The first kappa shape index (κ1) is 16.5. The van der Waals surface area contributed by atoms with Crippen molar-refractivity contribution in [3.05, 3.63) is 59.3 Å². The van der Waals surface area contributed by atoms with Crippen molar-refractivity contribution in [1.82, 2.24) is 10.3 Å². The number of aromatic nitrogens is 1. The number of carbonyl (C=O) groups excluding carboxylic acids is 1. The van der Waals surface area contributed by atoms with E-state index in [2.05, 4.69) is 16.4 Å². The first-order valence-corrected chi connectivity index (χ1v) is 8.14. The van der Waals surface area contributed by atoms with Crippen molar-refractivity contribution < 1.29 is 14.3 Å². The van der Waals surface area contributed by atoms with E-state index >= 15 is 0 Å². The Labute approximate surface area is 142 Å². The monoisotopic (exact) mass is 326 g/mol. The Balaban J connectivity index is 1.74. The molecule has 2 aromatic rings. The molecule has 0 spiro atoms.